The first-order valence-corrected chi connectivity index (χ1v) is 17.7. The lowest BCUT2D eigenvalue weighted by molar-refractivity contribution is -0.298. The van der Waals surface area contributed by atoms with Crippen molar-refractivity contribution in [1.82, 2.24) is 0 Å². The van der Waals surface area contributed by atoms with Crippen molar-refractivity contribution in [2.75, 3.05) is 13.2 Å². The highest BCUT2D eigenvalue weighted by atomic mass is 16.7. The lowest BCUT2D eigenvalue weighted by Crippen LogP contribution is -2.69. The van der Waals surface area contributed by atoms with Crippen LogP contribution in [0.4, 0.5) is 0 Å². The van der Waals surface area contributed by atoms with Gasteiger partial charge in [0.1, 0.15) is 24.4 Å². The summed E-state index contributed by atoms with van der Waals surface area (Å²) in [6.45, 7) is 11.9. The van der Waals surface area contributed by atoms with E-state index in [9.17, 15) is 45.6 Å². The summed E-state index contributed by atoms with van der Waals surface area (Å²) in [7, 11) is 0. The average molecular weight is 667 g/mol. The second kappa shape index (κ2) is 11.4. The Morgan fingerprint density at radius 1 is 0.851 bits per heavy atom. The van der Waals surface area contributed by atoms with Crippen LogP contribution >= 0.6 is 0 Å². The van der Waals surface area contributed by atoms with Crippen LogP contribution in [-0.2, 0) is 14.3 Å². The largest absolute Gasteiger partial charge is 0.432 e. The summed E-state index contributed by atoms with van der Waals surface area (Å²) < 4.78 is 11.4. The number of ether oxygens (including phenoxy) is 2. The van der Waals surface area contributed by atoms with E-state index in [4.69, 9.17) is 9.47 Å². The van der Waals surface area contributed by atoms with E-state index in [0.29, 0.717) is 38.5 Å². The SMILES string of the molecule is CC1(C)CC[C@]2(C(=O)O[C@@H]3O[C@H](CO)[C@@H](O)[C@H](O)[C@H]3O)CC[C@]3(C)C(=CC[C@@H]4[C@@]5(C)C[C@@H](O)[C@@H](O)[C@](C)(CO)[C@@H]5CC[C@]43C)[C@@H]2[C@@H]1O. The van der Waals surface area contributed by atoms with Crippen LogP contribution in [0.25, 0.3) is 0 Å². The first-order chi connectivity index (χ1) is 21.8. The Bertz CT molecular complexity index is 1270. The summed E-state index contributed by atoms with van der Waals surface area (Å²) in [5.41, 5.74) is -2.46. The van der Waals surface area contributed by atoms with Crippen LogP contribution in [0.15, 0.2) is 11.6 Å². The zero-order valence-corrected chi connectivity index (χ0v) is 28.8. The van der Waals surface area contributed by atoms with Crippen molar-refractivity contribution < 1.29 is 55.1 Å². The molecule has 47 heavy (non-hydrogen) atoms. The average Bonchev–Trinajstić information content (AvgIpc) is 3.02. The van der Waals surface area contributed by atoms with E-state index in [1.807, 2.05) is 20.8 Å². The van der Waals surface area contributed by atoms with Gasteiger partial charge in [-0.15, -0.1) is 0 Å². The normalized spacial score (nSPS) is 55.4. The molecular formula is C36H58O11. The molecule has 4 saturated carbocycles. The van der Waals surface area contributed by atoms with E-state index in [1.54, 1.807) is 0 Å². The second-order valence-electron chi connectivity index (χ2n) is 17.8. The van der Waals surface area contributed by atoms with Gasteiger partial charge in [-0.1, -0.05) is 53.2 Å². The van der Waals surface area contributed by atoms with E-state index in [1.165, 1.54) is 0 Å². The summed E-state index contributed by atoms with van der Waals surface area (Å²) in [5.74, 6) is -1.08. The molecule has 8 N–H and O–H groups in total. The molecule has 11 heteroatoms. The number of aliphatic hydroxyl groups excluding tert-OH is 8. The van der Waals surface area contributed by atoms with Crippen LogP contribution in [-0.4, -0.2) is 109 Å². The minimum atomic E-state index is -1.72. The summed E-state index contributed by atoms with van der Waals surface area (Å²) >= 11 is 0. The van der Waals surface area contributed by atoms with Crippen molar-refractivity contribution in [2.45, 2.75) is 142 Å². The maximum Gasteiger partial charge on any atom is 0.315 e. The van der Waals surface area contributed by atoms with Crippen molar-refractivity contribution in [3.05, 3.63) is 11.6 Å². The van der Waals surface area contributed by atoms with Crippen LogP contribution in [0.2, 0.25) is 0 Å². The van der Waals surface area contributed by atoms with E-state index < -0.39 is 89.2 Å². The maximum atomic E-state index is 14.4. The molecule has 11 nitrogen and oxygen atoms in total. The molecule has 0 radical (unpaired) electrons. The minimum absolute atomic E-state index is 0.00502. The van der Waals surface area contributed by atoms with Gasteiger partial charge in [0.05, 0.1) is 36.9 Å². The fourth-order valence-electron chi connectivity index (χ4n) is 12.1. The molecule has 6 rings (SSSR count). The van der Waals surface area contributed by atoms with Gasteiger partial charge in [0.25, 0.3) is 0 Å². The first kappa shape index (κ1) is 35.7. The number of carbonyl (C=O) groups excluding carboxylic acids is 1. The summed E-state index contributed by atoms with van der Waals surface area (Å²) in [5, 5.41) is 85.9. The van der Waals surface area contributed by atoms with Gasteiger partial charge < -0.3 is 50.3 Å². The fourth-order valence-corrected chi connectivity index (χ4v) is 12.1. The molecule has 16 atom stereocenters. The van der Waals surface area contributed by atoms with Gasteiger partial charge in [0.15, 0.2) is 0 Å². The highest BCUT2D eigenvalue weighted by Gasteiger charge is 2.72. The summed E-state index contributed by atoms with van der Waals surface area (Å²) in [6, 6.07) is 0. The molecule has 0 spiro atoms. The molecule has 5 fully saturated rings. The third kappa shape index (κ3) is 4.67. The molecule has 0 bridgehead atoms. The molecular weight excluding hydrogens is 608 g/mol. The molecule has 268 valence electrons. The lowest BCUT2D eigenvalue weighted by atomic mass is 9.33. The van der Waals surface area contributed by atoms with Crippen molar-refractivity contribution in [1.29, 1.82) is 0 Å². The third-order valence-corrected chi connectivity index (χ3v) is 15.4. The standard InChI is InChI=1S/C36H58O11/c1-31(2)11-13-36(30(45)47-29-26(42)25(41)24(40)20(16-37)46-29)14-12-34(5)18(23(36)28(31)44)7-8-22-32(3)15-19(39)27(43)33(4,17-38)21(32)9-10-35(22,34)6/h7,19-29,37-44H,8-17H2,1-6H3/t19-,20-,21-,22-,23-,24-,25+,26-,27-,28+,29+,32+,33-,34-,35-,36+/m1/s1. The molecule has 0 aromatic carbocycles. The zero-order valence-electron chi connectivity index (χ0n) is 28.8. The molecule has 0 aromatic rings. The number of hydrogen-bond donors (Lipinski definition) is 8. The molecule has 1 saturated heterocycles. The smallest absolute Gasteiger partial charge is 0.315 e. The molecule has 0 unspecified atom stereocenters. The Kier molecular flexibility index (Phi) is 8.68. The van der Waals surface area contributed by atoms with Gasteiger partial charge in [-0.25, -0.2) is 0 Å². The highest BCUT2D eigenvalue weighted by molar-refractivity contribution is 5.79. The molecule has 0 aromatic heterocycles. The number of esters is 1. The number of allylic oxidation sites excluding steroid dienone is 1. The van der Waals surface area contributed by atoms with Crippen molar-refractivity contribution in [2.24, 2.45) is 50.2 Å². The number of carbonyl (C=O) groups is 1. The topological polar surface area (TPSA) is 197 Å². The lowest BCUT2D eigenvalue weighted by Gasteiger charge is -2.71. The minimum Gasteiger partial charge on any atom is -0.432 e. The van der Waals surface area contributed by atoms with Gasteiger partial charge in [-0.05, 0) is 84.9 Å². The highest BCUT2D eigenvalue weighted by Crippen LogP contribution is 2.75. The molecule has 1 heterocycles. The Hall–Kier alpha value is -1.15. The van der Waals surface area contributed by atoms with Gasteiger partial charge in [0.2, 0.25) is 6.29 Å². The van der Waals surface area contributed by atoms with E-state index >= 15 is 0 Å². The predicted molar refractivity (Wildman–Crippen MR) is 169 cm³/mol. The van der Waals surface area contributed by atoms with Gasteiger partial charge >= 0.3 is 5.97 Å². The molecule has 0 amide bonds. The van der Waals surface area contributed by atoms with Gasteiger partial charge in [-0.2, -0.15) is 0 Å². The third-order valence-electron chi connectivity index (χ3n) is 15.4. The van der Waals surface area contributed by atoms with Gasteiger partial charge in [0, 0.05) is 11.3 Å². The molecule has 1 aliphatic heterocycles. The van der Waals surface area contributed by atoms with Gasteiger partial charge in [-0.3, -0.25) is 4.79 Å². The quantitative estimate of drug-likeness (QED) is 0.160. The maximum absolute atomic E-state index is 14.4. The number of hydrogen-bond acceptors (Lipinski definition) is 11. The first-order valence-electron chi connectivity index (χ1n) is 17.7. The van der Waals surface area contributed by atoms with E-state index in [2.05, 4.69) is 26.8 Å². The van der Waals surface area contributed by atoms with Crippen molar-refractivity contribution >= 4 is 5.97 Å². The zero-order chi connectivity index (χ0) is 34.7. The van der Waals surface area contributed by atoms with Crippen molar-refractivity contribution in [3.63, 3.8) is 0 Å². The number of rotatable bonds is 4. The van der Waals surface area contributed by atoms with Crippen LogP contribution < -0.4 is 0 Å². The van der Waals surface area contributed by atoms with Crippen LogP contribution in [0, 0.1) is 50.2 Å². The summed E-state index contributed by atoms with van der Waals surface area (Å²) in [6.07, 6.45) is -3.62. The van der Waals surface area contributed by atoms with E-state index in [-0.39, 0.29) is 29.3 Å². The van der Waals surface area contributed by atoms with Crippen LogP contribution in [0.5, 0.6) is 0 Å². The van der Waals surface area contributed by atoms with Crippen LogP contribution in [0.1, 0.15) is 92.9 Å². The monoisotopic (exact) mass is 666 g/mol. The Balaban J connectivity index is 1.39. The Morgan fingerprint density at radius 2 is 1.51 bits per heavy atom. The van der Waals surface area contributed by atoms with Crippen LogP contribution in [0.3, 0.4) is 0 Å². The van der Waals surface area contributed by atoms with E-state index in [0.717, 1.165) is 18.4 Å². The fraction of sp³-hybridized carbons (Fsp3) is 0.917. The van der Waals surface area contributed by atoms with Crippen molar-refractivity contribution in [3.8, 4) is 0 Å². The number of fused-ring (bicyclic) bond motifs is 7. The number of aliphatic hydroxyl groups is 8. The Morgan fingerprint density at radius 3 is 2.15 bits per heavy atom. The Labute approximate surface area is 278 Å². The second-order valence-corrected chi connectivity index (χ2v) is 17.8. The molecule has 5 aliphatic carbocycles. The molecule has 6 aliphatic rings. The summed E-state index contributed by atoms with van der Waals surface area (Å²) in [4.78, 5) is 14.4. The predicted octanol–water partition coefficient (Wildman–Crippen LogP) is 1.41.